The summed E-state index contributed by atoms with van der Waals surface area (Å²) >= 11 is 3.45. The summed E-state index contributed by atoms with van der Waals surface area (Å²) in [6, 6.07) is 0. The minimum Gasteiger partial charge on any atom is -0.478 e. The molecular formula is C15H17BrO3. The molecule has 0 bridgehead atoms. The Morgan fingerprint density at radius 3 is 2.37 bits per heavy atom. The highest BCUT2D eigenvalue weighted by atomic mass is 79.9. The largest absolute Gasteiger partial charge is 0.478 e. The molecule has 102 valence electrons. The predicted octanol–water partition coefficient (Wildman–Crippen LogP) is 3.29. The summed E-state index contributed by atoms with van der Waals surface area (Å²) in [6.45, 7) is 3.78. The van der Waals surface area contributed by atoms with Gasteiger partial charge in [0.2, 0.25) is 5.78 Å². The zero-order valence-electron chi connectivity index (χ0n) is 11.2. The first-order chi connectivity index (χ1) is 8.92. The fourth-order valence-electron chi connectivity index (χ4n) is 3.22. The fourth-order valence-corrected chi connectivity index (χ4v) is 3.53. The molecule has 0 saturated heterocycles. The number of halogens is 1. The molecule has 1 fully saturated rings. The van der Waals surface area contributed by atoms with Crippen LogP contribution in [0.3, 0.4) is 0 Å². The number of fused-ring (bicyclic) bond motifs is 1. The number of rotatable bonds is 0. The van der Waals surface area contributed by atoms with Crippen LogP contribution in [0.25, 0.3) is 0 Å². The molecule has 1 heterocycles. The number of carbonyl (C=O) groups excluding carboxylic acids is 2. The van der Waals surface area contributed by atoms with Crippen molar-refractivity contribution in [3.8, 4) is 0 Å². The lowest BCUT2D eigenvalue weighted by atomic mass is 9.68. The third-order valence-corrected chi connectivity index (χ3v) is 5.56. The standard InChI is InChI=1S/C15H17BrO3/c1-15(2)11(16)7-10-12(17)8-5-3-4-6-9(8)13(18)14(10)19-15/h7-9H,3-6H2,1-2H3. The van der Waals surface area contributed by atoms with Crippen molar-refractivity contribution in [1.82, 2.24) is 0 Å². The number of ether oxygens (including phenoxy) is 1. The second-order valence-electron chi connectivity index (χ2n) is 6.07. The van der Waals surface area contributed by atoms with Crippen LogP contribution in [0.15, 0.2) is 21.9 Å². The molecule has 3 nitrogen and oxygen atoms in total. The van der Waals surface area contributed by atoms with E-state index in [1.54, 1.807) is 6.08 Å². The third kappa shape index (κ3) is 1.92. The van der Waals surface area contributed by atoms with Gasteiger partial charge in [0.15, 0.2) is 11.5 Å². The van der Waals surface area contributed by atoms with Gasteiger partial charge in [0.1, 0.15) is 5.60 Å². The molecule has 2 aliphatic carbocycles. The molecule has 0 radical (unpaired) electrons. The van der Waals surface area contributed by atoms with Crippen LogP contribution in [0.1, 0.15) is 39.5 Å². The van der Waals surface area contributed by atoms with Crippen molar-refractivity contribution >= 4 is 27.5 Å². The smallest absolute Gasteiger partial charge is 0.201 e. The van der Waals surface area contributed by atoms with E-state index >= 15 is 0 Å². The van der Waals surface area contributed by atoms with Gasteiger partial charge in [0, 0.05) is 16.3 Å². The number of Topliss-reactive ketones (excluding diaryl/α,β-unsaturated/α-hetero) is 2. The van der Waals surface area contributed by atoms with Gasteiger partial charge in [-0.2, -0.15) is 0 Å². The van der Waals surface area contributed by atoms with Crippen molar-refractivity contribution in [1.29, 1.82) is 0 Å². The van der Waals surface area contributed by atoms with Gasteiger partial charge in [0.05, 0.1) is 5.57 Å². The molecule has 1 aliphatic heterocycles. The maximum absolute atomic E-state index is 12.6. The fraction of sp³-hybridized carbons (Fsp3) is 0.600. The van der Waals surface area contributed by atoms with Gasteiger partial charge in [-0.05, 0) is 32.8 Å². The van der Waals surface area contributed by atoms with E-state index in [4.69, 9.17) is 4.74 Å². The van der Waals surface area contributed by atoms with Gasteiger partial charge >= 0.3 is 0 Å². The Bertz CT molecular complexity index is 528. The first kappa shape index (κ1) is 13.1. The molecule has 0 aromatic heterocycles. The van der Waals surface area contributed by atoms with E-state index in [1.807, 2.05) is 13.8 Å². The summed E-state index contributed by atoms with van der Waals surface area (Å²) < 4.78 is 6.63. The van der Waals surface area contributed by atoms with Crippen LogP contribution >= 0.6 is 15.9 Å². The normalized spacial score (nSPS) is 33.3. The highest BCUT2D eigenvalue weighted by Crippen LogP contribution is 2.44. The molecule has 3 aliphatic rings. The number of hydrogen-bond donors (Lipinski definition) is 0. The Morgan fingerprint density at radius 2 is 1.74 bits per heavy atom. The first-order valence-electron chi connectivity index (χ1n) is 6.81. The molecule has 0 amide bonds. The van der Waals surface area contributed by atoms with E-state index in [0.29, 0.717) is 11.3 Å². The molecule has 19 heavy (non-hydrogen) atoms. The molecule has 1 saturated carbocycles. The Kier molecular flexibility index (Phi) is 2.97. The van der Waals surface area contributed by atoms with Crippen molar-refractivity contribution in [2.24, 2.45) is 11.8 Å². The van der Waals surface area contributed by atoms with Gasteiger partial charge < -0.3 is 4.74 Å². The van der Waals surface area contributed by atoms with Crippen molar-refractivity contribution in [2.45, 2.75) is 45.1 Å². The van der Waals surface area contributed by atoms with Crippen LogP contribution < -0.4 is 0 Å². The lowest BCUT2D eigenvalue weighted by Gasteiger charge is -2.39. The number of ketones is 2. The predicted molar refractivity (Wildman–Crippen MR) is 74.7 cm³/mol. The van der Waals surface area contributed by atoms with E-state index in [2.05, 4.69) is 15.9 Å². The average molecular weight is 325 g/mol. The van der Waals surface area contributed by atoms with Crippen LogP contribution in [0.5, 0.6) is 0 Å². The number of allylic oxidation sites excluding steroid dienone is 3. The van der Waals surface area contributed by atoms with Gasteiger partial charge in [0.25, 0.3) is 0 Å². The Balaban J connectivity index is 2.08. The van der Waals surface area contributed by atoms with Gasteiger partial charge in [-0.1, -0.05) is 28.8 Å². The quantitative estimate of drug-likeness (QED) is 0.686. The number of hydrogen-bond acceptors (Lipinski definition) is 3. The molecule has 3 rings (SSSR count). The van der Waals surface area contributed by atoms with E-state index in [1.165, 1.54) is 0 Å². The third-order valence-electron chi connectivity index (χ3n) is 4.38. The van der Waals surface area contributed by atoms with Gasteiger partial charge in [-0.25, -0.2) is 0 Å². The highest BCUT2D eigenvalue weighted by molar-refractivity contribution is 9.11. The Hall–Kier alpha value is -0.900. The Morgan fingerprint density at radius 1 is 1.16 bits per heavy atom. The molecular weight excluding hydrogens is 308 g/mol. The van der Waals surface area contributed by atoms with Crippen LogP contribution in [0, 0.1) is 11.8 Å². The monoisotopic (exact) mass is 324 g/mol. The summed E-state index contributed by atoms with van der Waals surface area (Å²) in [4.78, 5) is 25.1. The van der Waals surface area contributed by atoms with E-state index in [-0.39, 0.29) is 23.4 Å². The van der Waals surface area contributed by atoms with Crippen LogP contribution in [0.2, 0.25) is 0 Å². The first-order valence-corrected chi connectivity index (χ1v) is 7.60. The van der Waals surface area contributed by atoms with Crippen LogP contribution in [-0.2, 0) is 14.3 Å². The number of carbonyl (C=O) groups is 2. The van der Waals surface area contributed by atoms with Gasteiger partial charge in [-0.3, -0.25) is 9.59 Å². The topological polar surface area (TPSA) is 43.4 Å². The molecule has 4 heteroatoms. The lowest BCUT2D eigenvalue weighted by Crippen LogP contribution is -2.43. The molecule has 0 N–H and O–H groups in total. The summed E-state index contributed by atoms with van der Waals surface area (Å²) in [5, 5.41) is 0. The zero-order valence-corrected chi connectivity index (χ0v) is 12.7. The second kappa shape index (κ2) is 4.30. The molecule has 2 atom stereocenters. The second-order valence-corrected chi connectivity index (χ2v) is 6.93. The summed E-state index contributed by atoms with van der Waals surface area (Å²) in [7, 11) is 0. The van der Waals surface area contributed by atoms with Crippen molar-refractivity contribution in [3.05, 3.63) is 21.9 Å². The van der Waals surface area contributed by atoms with Crippen molar-refractivity contribution < 1.29 is 14.3 Å². The van der Waals surface area contributed by atoms with Crippen LogP contribution in [-0.4, -0.2) is 17.2 Å². The summed E-state index contributed by atoms with van der Waals surface area (Å²) in [6.07, 6.45) is 5.51. The SMILES string of the molecule is CC1(C)OC2=C(C=C1Br)C(=O)C1CCCCC1C2=O. The zero-order chi connectivity index (χ0) is 13.8. The minimum absolute atomic E-state index is 0.0311. The van der Waals surface area contributed by atoms with E-state index < -0.39 is 5.60 Å². The molecule has 2 unspecified atom stereocenters. The van der Waals surface area contributed by atoms with Crippen molar-refractivity contribution in [2.75, 3.05) is 0 Å². The van der Waals surface area contributed by atoms with Gasteiger partial charge in [-0.15, -0.1) is 0 Å². The summed E-state index contributed by atoms with van der Waals surface area (Å²) in [5.74, 6) is 0.138. The Labute approximate surface area is 121 Å². The molecule has 0 aromatic rings. The average Bonchev–Trinajstić information content (AvgIpc) is 2.38. The maximum atomic E-state index is 12.6. The minimum atomic E-state index is -0.573. The highest BCUT2D eigenvalue weighted by Gasteiger charge is 2.47. The maximum Gasteiger partial charge on any atom is 0.201 e. The summed E-state index contributed by atoms with van der Waals surface area (Å²) in [5.41, 5.74) is -0.102. The van der Waals surface area contributed by atoms with E-state index in [0.717, 1.165) is 30.2 Å². The van der Waals surface area contributed by atoms with Crippen LogP contribution in [0.4, 0.5) is 0 Å². The molecule has 0 spiro atoms. The lowest BCUT2D eigenvalue weighted by molar-refractivity contribution is -0.136. The van der Waals surface area contributed by atoms with Crippen molar-refractivity contribution in [3.63, 3.8) is 0 Å². The van der Waals surface area contributed by atoms with E-state index in [9.17, 15) is 9.59 Å². The molecule has 0 aromatic carbocycles.